The van der Waals surface area contributed by atoms with Gasteiger partial charge in [-0.05, 0) is 41.7 Å². The number of piperidine rings is 1. The molecule has 1 saturated heterocycles. The summed E-state index contributed by atoms with van der Waals surface area (Å²) in [6.45, 7) is 4.38. The summed E-state index contributed by atoms with van der Waals surface area (Å²) in [5.41, 5.74) is 1.17. The van der Waals surface area contributed by atoms with Crippen LogP contribution in [0, 0.1) is 5.92 Å². The fourth-order valence-corrected chi connectivity index (χ4v) is 4.37. The number of nitrogens with zero attached hydrogens (tertiary/aromatic N) is 2. The van der Waals surface area contributed by atoms with Crippen LogP contribution in [0.2, 0.25) is 0 Å². The first-order valence-electron chi connectivity index (χ1n) is 7.66. The molecule has 1 aliphatic heterocycles. The van der Waals surface area contributed by atoms with E-state index in [2.05, 4.69) is 12.3 Å². The van der Waals surface area contributed by atoms with Crippen molar-refractivity contribution >= 4 is 27.3 Å². The van der Waals surface area contributed by atoms with Gasteiger partial charge in [0.2, 0.25) is 15.9 Å². The molecule has 1 aromatic heterocycles. The molecule has 0 spiro atoms. The number of sulfonamides is 1. The van der Waals surface area contributed by atoms with Crippen molar-refractivity contribution in [2.45, 2.75) is 32.7 Å². The van der Waals surface area contributed by atoms with Crippen molar-refractivity contribution in [3.63, 3.8) is 0 Å². The van der Waals surface area contributed by atoms with Gasteiger partial charge in [0.15, 0.2) is 0 Å². The van der Waals surface area contributed by atoms with E-state index in [0.717, 1.165) is 13.0 Å². The summed E-state index contributed by atoms with van der Waals surface area (Å²) in [5.74, 6) is 0.115. The number of amides is 1. The largest absolute Gasteiger partial charge is 0.338 e. The van der Waals surface area contributed by atoms with Crippen LogP contribution in [-0.2, 0) is 21.4 Å². The number of carbonyl (C=O) groups excluding carboxylic acids is 1. The van der Waals surface area contributed by atoms with E-state index in [0.29, 0.717) is 32.5 Å². The molecule has 0 aromatic carbocycles. The molecule has 0 aliphatic carbocycles. The Kier molecular flexibility index (Phi) is 6.00. The molecule has 22 heavy (non-hydrogen) atoms. The molecule has 0 saturated carbocycles. The Hall–Kier alpha value is -0.920. The molecule has 1 fully saturated rings. The molecule has 2 heterocycles. The quantitative estimate of drug-likeness (QED) is 0.794. The summed E-state index contributed by atoms with van der Waals surface area (Å²) in [6.07, 6.45) is 3.40. The Morgan fingerprint density at radius 2 is 2.09 bits per heavy atom. The molecule has 1 aliphatic rings. The zero-order valence-electron chi connectivity index (χ0n) is 13.2. The predicted molar refractivity (Wildman–Crippen MR) is 89.2 cm³/mol. The molecule has 0 N–H and O–H groups in total. The fourth-order valence-electron chi connectivity index (χ4n) is 2.83. The third kappa shape index (κ3) is 4.54. The van der Waals surface area contributed by atoms with Gasteiger partial charge >= 0.3 is 0 Å². The highest BCUT2D eigenvalue weighted by molar-refractivity contribution is 7.88. The molecule has 2 rings (SSSR count). The molecule has 124 valence electrons. The van der Waals surface area contributed by atoms with Crippen LogP contribution in [0.15, 0.2) is 16.8 Å². The van der Waals surface area contributed by atoms with Gasteiger partial charge in [0.05, 0.1) is 6.26 Å². The van der Waals surface area contributed by atoms with E-state index in [4.69, 9.17) is 0 Å². The van der Waals surface area contributed by atoms with Gasteiger partial charge in [-0.15, -0.1) is 0 Å². The van der Waals surface area contributed by atoms with Gasteiger partial charge in [-0.1, -0.05) is 6.92 Å². The summed E-state index contributed by atoms with van der Waals surface area (Å²) in [6, 6.07) is 2.05. The minimum absolute atomic E-state index is 0.0526. The molecule has 0 bridgehead atoms. The van der Waals surface area contributed by atoms with Crippen molar-refractivity contribution < 1.29 is 13.2 Å². The third-order valence-electron chi connectivity index (χ3n) is 4.03. The first kappa shape index (κ1) is 17.4. The number of thiophene rings is 1. The molecule has 0 radical (unpaired) electrons. The van der Waals surface area contributed by atoms with Crippen LogP contribution < -0.4 is 0 Å². The maximum Gasteiger partial charge on any atom is 0.226 e. The topological polar surface area (TPSA) is 57.7 Å². The lowest BCUT2D eigenvalue weighted by atomic mass is 9.96. The highest BCUT2D eigenvalue weighted by Gasteiger charge is 2.31. The summed E-state index contributed by atoms with van der Waals surface area (Å²) >= 11 is 1.64. The van der Waals surface area contributed by atoms with Gasteiger partial charge in [-0.25, -0.2) is 12.7 Å². The van der Waals surface area contributed by atoms with Gasteiger partial charge in [0.25, 0.3) is 0 Å². The zero-order valence-corrected chi connectivity index (χ0v) is 14.8. The molecule has 5 nitrogen and oxygen atoms in total. The lowest BCUT2D eigenvalue weighted by Gasteiger charge is -2.33. The van der Waals surface area contributed by atoms with E-state index < -0.39 is 10.0 Å². The number of carbonyl (C=O) groups is 1. The summed E-state index contributed by atoms with van der Waals surface area (Å²) < 4.78 is 24.6. The van der Waals surface area contributed by atoms with Crippen LogP contribution in [0.4, 0.5) is 0 Å². The van der Waals surface area contributed by atoms with Crippen molar-refractivity contribution in [2.75, 3.05) is 25.9 Å². The Morgan fingerprint density at radius 1 is 1.41 bits per heavy atom. The Balaban J connectivity index is 1.96. The zero-order chi connectivity index (χ0) is 16.2. The summed E-state index contributed by atoms with van der Waals surface area (Å²) in [4.78, 5) is 14.7. The molecule has 1 aromatic rings. The Morgan fingerprint density at radius 3 is 2.59 bits per heavy atom. The van der Waals surface area contributed by atoms with Crippen LogP contribution in [0.3, 0.4) is 0 Å². The average Bonchev–Trinajstić information content (AvgIpc) is 2.98. The van der Waals surface area contributed by atoms with E-state index in [1.165, 1.54) is 16.1 Å². The van der Waals surface area contributed by atoms with E-state index in [9.17, 15) is 13.2 Å². The van der Waals surface area contributed by atoms with E-state index in [1.807, 2.05) is 16.3 Å². The second-order valence-corrected chi connectivity index (χ2v) is 8.59. The van der Waals surface area contributed by atoms with Crippen molar-refractivity contribution in [2.24, 2.45) is 5.92 Å². The maximum absolute atomic E-state index is 12.7. The van der Waals surface area contributed by atoms with E-state index >= 15 is 0 Å². The van der Waals surface area contributed by atoms with Crippen LogP contribution in [0.1, 0.15) is 31.7 Å². The predicted octanol–water partition coefficient (Wildman–Crippen LogP) is 2.16. The highest BCUT2D eigenvalue weighted by atomic mass is 32.2. The number of hydrogen-bond donors (Lipinski definition) is 0. The van der Waals surface area contributed by atoms with Gasteiger partial charge in [-0.2, -0.15) is 11.3 Å². The third-order valence-corrected chi connectivity index (χ3v) is 6.07. The van der Waals surface area contributed by atoms with Crippen molar-refractivity contribution in [3.8, 4) is 0 Å². The van der Waals surface area contributed by atoms with Crippen LogP contribution in [-0.4, -0.2) is 49.4 Å². The molecular weight excluding hydrogens is 320 g/mol. The van der Waals surface area contributed by atoms with Crippen LogP contribution in [0.25, 0.3) is 0 Å². The molecule has 0 unspecified atom stereocenters. The molecule has 1 amide bonds. The van der Waals surface area contributed by atoms with Gasteiger partial charge in [-0.3, -0.25) is 4.79 Å². The highest BCUT2D eigenvalue weighted by Crippen LogP contribution is 2.22. The number of hydrogen-bond acceptors (Lipinski definition) is 4. The first-order chi connectivity index (χ1) is 10.4. The lowest BCUT2D eigenvalue weighted by molar-refractivity contribution is -0.137. The Labute approximate surface area is 137 Å². The van der Waals surface area contributed by atoms with Crippen molar-refractivity contribution in [1.29, 1.82) is 0 Å². The monoisotopic (exact) mass is 344 g/mol. The number of rotatable bonds is 6. The lowest BCUT2D eigenvalue weighted by Crippen LogP contribution is -2.44. The van der Waals surface area contributed by atoms with E-state index in [1.54, 1.807) is 11.3 Å². The van der Waals surface area contributed by atoms with Gasteiger partial charge < -0.3 is 4.90 Å². The summed E-state index contributed by atoms with van der Waals surface area (Å²) in [5, 5.41) is 4.09. The second kappa shape index (κ2) is 7.57. The normalized spacial score (nSPS) is 17.5. The molecule has 7 heteroatoms. The average molecular weight is 345 g/mol. The first-order valence-corrected chi connectivity index (χ1v) is 10.5. The summed E-state index contributed by atoms with van der Waals surface area (Å²) in [7, 11) is -3.14. The smallest absolute Gasteiger partial charge is 0.226 e. The van der Waals surface area contributed by atoms with Crippen molar-refractivity contribution in [3.05, 3.63) is 22.4 Å². The van der Waals surface area contributed by atoms with Gasteiger partial charge in [0.1, 0.15) is 0 Å². The SMILES string of the molecule is CCCN(Cc1ccsc1)C(=O)C1CCN(S(C)(=O)=O)CC1. The standard InChI is InChI=1S/C15H24N2O3S2/c1-3-7-16(11-13-6-10-21-12-13)15(18)14-4-8-17(9-5-14)22(2,19)20/h6,10,12,14H,3-5,7-9,11H2,1-2H3. The van der Waals surface area contributed by atoms with Gasteiger partial charge in [0, 0.05) is 32.1 Å². The maximum atomic E-state index is 12.7. The minimum atomic E-state index is -3.14. The van der Waals surface area contributed by atoms with Crippen molar-refractivity contribution in [1.82, 2.24) is 9.21 Å². The minimum Gasteiger partial charge on any atom is -0.338 e. The molecular formula is C15H24N2O3S2. The Bertz CT molecular complexity index is 576. The fraction of sp³-hybridized carbons (Fsp3) is 0.667. The second-order valence-electron chi connectivity index (χ2n) is 5.83. The van der Waals surface area contributed by atoms with Crippen LogP contribution in [0.5, 0.6) is 0 Å². The molecule has 0 atom stereocenters. The van der Waals surface area contributed by atoms with E-state index in [-0.39, 0.29) is 11.8 Å². The van der Waals surface area contributed by atoms with Crippen LogP contribution >= 0.6 is 11.3 Å².